The third-order valence-corrected chi connectivity index (χ3v) is 7.20. The summed E-state index contributed by atoms with van der Waals surface area (Å²) in [5.41, 5.74) is 6.30. The van der Waals surface area contributed by atoms with Crippen LogP contribution in [-0.4, -0.2) is 57.0 Å². The van der Waals surface area contributed by atoms with Crippen molar-refractivity contribution in [2.24, 2.45) is 5.73 Å². The van der Waals surface area contributed by atoms with Gasteiger partial charge in [0.25, 0.3) is 5.91 Å². The number of benzene rings is 1. The predicted molar refractivity (Wildman–Crippen MR) is 101 cm³/mol. The van der Waals surface area contributed by atoms with Gasteiger partial charge in [0.2, 0.25) is 10.0 Å². The molecule has 1 aromatic rings. The monoisotopic (exact) mass is 383 g/mol. The van der Waals surface area contributed by atoms with Gasteiger partial charge in [-0.15, -0.1) is 0 Å². The molecule has 8 heteroatoms. The second kappa shape index (κ2) is 8.47. The zero-order valence-corrected chi connectivity index (χ0v) is 16.6. The van der Waals surface area contributed by atoms with E-state index < -0.39 is 15.6 Å². The van der Waals surface area contributed by atoms with Gasteiger partial charge in [-0.3, -0.25) is 4.79 Å². The summed E-state index contributed by atoms with van der Waals surface area (Å²) in [6.07, 6.45) is 1.41. The summed E-state index contributed by atoms with van der Waals surface area (Å²) < 4.78 is 32.5. The van der Waals surface area contributed by atoms with Crippen molar-refractivity contribution in [1.82, 2.24) is 9.62 Å². The van der Waals surface area contributed by atoms with Gasteiger partial charge in [-0.1, -0.05) is 19.9 Å². The molecule has 26 heavy (non-hydrogen) atoms. The molecule has 0 aliphatic carbocycles. The van der Waals surface area contributed by atoms with E-state index in [0.29, 0.717) is 56.8 Å². The number of hydrogen-bond acceptors (Lipinski definition) is 5. The highest BCUT2D eigenvalue weighted by Gasteiger charge is 2.30. The van der Waals surface area contributed by atoms with Gasteiger partial charge < -0.3 is 15.8 Å². The van der Waals surface area contributed by atoms with E-state index in [-0.39, 0.29) is 10.8 Å². The topological polar surface area (TPSA) is 102 Å². The van der Waals surface area contributed by atoms with E-state index >= 15 is 0 Å². The van der Waals surface area contributed by atoms with Crippen LogP contribution in [0.2, 0.25) is 0 Å². The summed E-state index contributed by atoms with van der Waals surface area (Å²) in [6, 6.07) is 4.78. The molecule has 1 heterocycles. The first-order chi connectivity index (χ1) is 12.3. The van der Waals surface area contributed by atoms with Crippen molar-refractivity contribution in [2.45, 2.75) is 44.0 Å². The normalized spacial score (nSPS) is 16.5. The molecule has 0 spiro atoms. The van der Waals surface area contributed by atoms with E-state index in [2.05, 4.69) is 5.32 Å². The highest BCUT2D eigenvalue weighted by atomic mass is 32.2. The van der Waals surface area contributed by atoms with Gasteiger partial charge >= 0.3 is 0 Å². The smallest absolute Gasteiger partial charge is 0.251 e. The minimum Gasteiger partial charge on any atom is -0.379 e. The maximum absolute atomic E-state index is 13.0. The first-order valence-corrected chi connectivity index (χ1v) is 10.4. The van der Waals surface area contributed by atoms with Gasteiger partial charge in [0, 0.05) is 25.2 Å². The summed E-state index contributed by atoms with van der Waals surface area (Å²) in [5, 5.41) is 2.98. The summed E-state index contributed by atoms with van der Waals surface area (Å²) in [7, 11) is -3.66. The lowest BCUT2D eigenvalue weighted by atomic mass is 9.92. The molecule has 1 aromatic carbocycles. The molecular weight excluding hydrogens is 354 g/mol. The van der Waals surface area contributed by atoms with Crippen LogP contribution in [0.3, 0.4) is 0 Å². The maximum Gasteiger partial charge on any atom is 0.251 e. The van der Waals surface area contributed by atoms with Crippen LogP contribution < -0.4 is 11.1 Å². The predicted octanol–water partition coefficient (Wildman–Crippen LogP) is 1.26. The molecule has 146 valence electrons. The Kier molecular flexibility index (Phi) is 6.79. The third-order valence-electron chi connectivity index (χ3n) is 5.16. The number of morpholine rings is 1. The van der Waals surface area contributed by atoms with Crippen LogP contribution in [0.15, 0.2) is 23.1 Å². The molecule has 1 amide bonds. The number of nitrogens with zero attached hydrogens (tertiary/aromatic N) is 1. The fourth-order valence-corrected chi connectivity index (χ4v) is 4.68. The van der Waals surface area contributed by atoms with E-state index in [1.54, 1.807) is 19.1 Å². The van der Waals surface area contributed by atoms with Crippen LogP contribution in [0.4, 0.5) is 0 Å². The average Bonchev–Trinajstić information content (AvgIpc) is 2.67. The van der Waals surface area contributed by atoms with Crippen molar-refractivity contribution < 1.29 is 17.9 Å². The van der Waals surface area contributed by atoms with Crippen LogP contribution in [-0.2, 0) is 14.8 Å². The molecular formula is C18H29N3O4S. The molecule has 2 rings (SSSR count). The lowest BCUT2D eigenvalue weighted by Crippen LogP contribution is -2.52. The number of carbonyl (C=O) groups is 1. The molecule has 0 radical (unpaired) electrons. The van der Waals surface area contributed by atoms with Crippen LogP contribution in [0, 0.1) is 6.92 Å². The van der Waals surface area contributed by atoms with Crippen molar-refractivity contribution in [3.63, 3.8) is 0 Å². The molecule has 3 N–H and O–H groups in total. The second-order valence-electron chi connectivity index (χ2n) is 6.64. The number of carbonyl (C=O) groups excluding carboxylic acids is 1. The van der Waals surface area contributed by atoms with E-state index in [1.165, 1.54) is 10.4 Å². The summed E-state index contributed by atoms with van der Waals surface area (Å²) in [6.45, 7) is 7.41. The van der Waals surface area contributed by atoms with Crippen LogP contribution in [0.1, 0.15) is 42.6 Å². The minimum absolute atomic E-state index is 0.165. The lowest BCUT2D eigenvalue weighted by Gasteiger charge is -2.31. The van der Waals surface area contributed by atoms with Crippen molar-refractivity contribution in [3.05, 3.63) is 29.3 Å². The molecule has 0 saturated carbocycles. The van der Waals surface area contributed by atoms with Crippen molar-refractivity contribution >= 4 is 15.9 Å². The Morgan fingerprint density at radius 2 is 1.88 bits per heavy atom. The Morgan fingerprint density at radius 3 is 2.42 bits per heavy atom. The minimum atomic E-state index is -3.66. The lowest BCUT2D eigenvalue weighted by molar-refractivity contribution is 0.0730. The first-order valence-electron chi connectivity index (χ1n) is 9.01. The Labute approximate surface area is 155 Å². The molecule has 0 unspecified atom stereocenters. The zero-order chi connectivity index (χ0) is 19.4. The van der Waals surface area contributed by atoms with Gasteiger partial charge in [-0.2, -0.15) is 4.31 Å². The Morgan fingerprint density at radius 1 is 1.27 bits per heavy atom. The Bertz CT molecular complexity index is 731. The number of aryl methyl sites for hydroxylation is 1. The van der Waals surface area contributed by atoms with E-state index in [1.807, 2.05) is 13.8 Å². The molecule has 0 bridgehead atoms. The molecule has 7 nitrogen and oxygen atoms in total. The standard InChI is InChI=1S/C18H29N3O4S/c1-4-18(5-2,13-19)20-17(22)15-7-6-14(3)16(12-15)26(23,24)21-8-10-25-11-9-21/h6-7,12H,4-5,8-11,13,19H2,1-3H3,(H,20,22). The first kappa shape index (κ1) is 20.8. The van der Waals surface area contributed by atoms with Crippen molar-refractivity contribution in [3.8, 4) is 0 Å². The highest BCUT2D eigenvalue weighted by molar-refractivity contribution is 7.89. The molecule has 0 aromatic heterocycles. The largest absolute Gasteiger partial charge is 0.379 e. The van der Waals surface area contributed by atoms with Gasteiger partial charge in [-0.25, -0.2) is 8.42 Å². The van der Waals surface area contributed by atoms with Gasteiger partial charge in [0.1, 0.15) is 0 Å². The number of ether oxygens (including phenoxy) is 1. The fraction of sp³-hybridized carbons (Fsp3) is 0.611. The molecule has 1 aliphatic rings. The Hall–Kier alpha value is -1.48. The van der Waals surface area contributed by atoms with Gasteiger partial charge in [0.15, 0.2) is 0 Å². The molecule has 1 aliphatic heterocycles. The number of sulfonamides is 1. The Balaban J connectivity index is 2.33. The number of nitrogens with two attached hydrogens (primary N) is 1. The number of rotatable bonds is 7. The quantitative estimate of drug-likeness (QED) is 0.738. The van der Waals surface area contributed by atoms with E-state index in [4.69, 9.17) is 10.5 Å². The number of amides is 1. The highest BCUT2D eigenvalue weighted by Crippen LogP contribution is 2.23. The summed E-state index contributed by atoms with van der Waals surface area (Å²) in [5.74, 6) is -0.308. The van der Waals surface area contributed by atoms with E-state index in [9.17, 15) is 13.2 Å². The van der Waals surface area contributed by atoms with Gasteiger partial charge in [0.05, 0.1) is 23.6 Å². The second-order valence-corrected chi connectivity index (χ2v) is 8.55. The number of hydrogen-bond donors (Lipinski definition) is 2. The van der Waals surface area contributed by atoms with Crippen LogP contribution in [0.25, 0.3) is 0 Å². The summed E-state index contributed by atoms with van der Waals surface area (Å²) in [4.78, 5) is 12.9. The van der Waals surface area contributed by atoms with Crippen molar-refractivity contribution in [1.29, 1.82) is 0 Å². The van der Waals surface area contributed by atoms with Crippen molar-refractivity contribution in [2.75, 3.05) is 32.8 Å². The zero-order valence-electron chi connectivity index (χ0n) is 15.7. The van der Waals surface area contributed by atoms with Gasteiger partial charge in [-0.05, 0) is 37.5 Å². The molecule has 1 saturated heterocycles. The fourth-order valence-electron chi connectivity index (χ4n) is 3.02. The molecule has 1 fully saturated rings. The number of nitrogens with one attached hydrogen (secondary N) is 1. The third kappa shape index (κ3) is 4.25. The maximum atomic E-state index is 13.0. The average molecular weight is 384 g/mol. The van der Waals surface area contributed by atoms with Crippen LogP contribution in [0.5, 0.6) is 0 Å². The van der Waals surface area contributed by atoms with E-state index in [0.717, 1.165) is 0 Å². The SMILES string of the molecule is CCC(CC)(CN)NC(=O)c1ccc(C)c(S(=O)(=O)N2CCOCC2)c1. The van der Waals surface area contributed by atoms with Crippen LogP contribution >= 0.6 is 0 Å². The molecule has 0 atom stereocenters. The summed E-state index contributed by atoms with van der Waals surface area (Å²) >= 11 is 0.